The highest BCUT2D eigenvalue weighted by Gasteiger charge is 2.38. The van der Waals surface area contributed by atoms with Gasteiger partial charge in [-0.15, -0.1) is 0 Å². The Morgan fingerprint density at radius 2 is 2.06 bits per heavy atom. The molecule has 1 aromatic carbocycles. The van der Waals surface area contributed by atoms with Crippen molar-refractivity contribution in [3.63, 3.8) is 0 Å². The predicted octanol–water partition coefficient (Wildman–Crippen LogP) is 1.38. The topological polar surface area (TPSA) is 47.3 Å². The molecule has 3 rings (SSSR count). The molecule has 18 heavy (non-hydrogen) atoms. The highest BCUT2D eigenvalue weighted by molar-refractivity contribution is 5.33. The van der Waals surface area contributed by atoms with Gasteiger partial charge in [0, 0.05) is 13.1 Å². The second kappa shape index (κ2) is 5.00. The molecular weight excluding hydrogens is 224 g/mol. The normalized spacial score (nSPS) is 26.6. The fourth-order valence-electron chi connectivity index (χ4n) is 3.00. The van der Waals surface area contributed by atoms with E-state index in [4.69, 9.17) is 10.5 Å². The Labute approximate surface area is 109 Å². The van der Waals surface area contributed by atoms with E-state index in [2.05, 4.69) is 29.6 Å². The van der Waals surface area contributed by atoms with Crippen LogP contribution < -0.4 is 11.1 Å². The average molecular weight is 246 g/mol. The van der Waals surface area contributed by atoms with Crippen LogP contribution in [0, 0.1) is 0 Å². The van der Waals surface area contributed by atoms with Crippen LogP contribution in [0.2, 0.25) is 0 Å². The maximum absolute atomic E-state index is 5.89. The van der Waals surface area contributed by atoms with E-state index in [0.717, 1.165) is 19.8 Å². The largest absolute Gasteiger partial charge is 0.379 e. The predicted molar refractivity (Wildman–Crippen MR) is 72.8 cm³/mol. The third-order valence-electron chi connectivity index (χ3n) is 4.44. The molecular formula is C15H22N2O. The van der Waals surface area contributed by atoms with Gasteiger partial charge in [-0.3, -0.25) is 0 Å². The summed E-state index contributed by atoms with van der Waals surface area (Å²) in [5.41, 5.74) is 8.77. The minimum atomic E-state index is 0.0867. The van der Waals surface area contributed by atoms with Crippen molar-refractivity contribution in [3.8, 4) is 0 Å². The van der Waals surface area contributed by atoms with Gasteiger partial charge in [0.15, 0.2) is 0 Å². The van der Waals surface area contributed by atoms with E-state index < -0.39 is 0 Å². The first-order chi connectivity index (χ1) is 8.84. The summed E-state index contributed by atoms with van der Waals surface area (Å²) < 4.78 is 5.34. The maximum Gasteiger partial charge on any atom is 0.0597 e. The Morgan fingerprint density at radius 3 is 2.56 bits per heavy atom. The van der Waals surface area contributed by atoms with Gasteiger partial charge < -0.3 is 15.8 Å². The quantitative estimate of drug-likeness (QED) is 0.847. The average Bonchev–Trinajstić information content (AvgIpc) is 2.40. The highest BCUT2D eigenvalue weighted by atomic mass is 16.5. The molecule has 0 amide bonds. The van der Waals surface area contributed by atoms with E-state index in [1.165, 1.54) is 30.5 Å². The smallest absolute Gasteiger partial charge is 0.0597 e. The van der Waals surface area contributed by atoms with E-state index in [1.54, 1.807) is 0 Å². The lowest BCUT2D eigenvalue weighted by Gasteiger charge is -2.41. The summed E-state index contributed by atoms with van der Waals surface area (Å²) in [6.07, 6.45) is 2.59. The SMILES string of the molecule is NCC1(c2ccc(C3CCCNC3)cc2)COC1. The van der Waals surface area contributed by atoms with Crippen LogP contribution in [0.25, 0.3) is 0 Å². The molecule has 0 bridgehead atoms. The number of piperidine rings is 1. The number of benzene rings is 1. The standard InChI is InChI=1S/C15H22N2O/c16-9-15(10-18-11-15)14-5-3-12(4-6-14)13-2-1-7-17-8-13/h3-6,13,17H,1-2,7-11,16H2. The van der Waals surface area contributed by atoms with E-state index in [1.807, 2.05) is 0 Å². The van der Waals surface area contributed by atoms with Crippen molar-refractivity contribution >= 4 is 0 Å². The second-order valence-electron chi connectivity index (χ2n) is 5.64. The molecule has 0 spiro atoms. The van der Waals surface area contributed by atoms with Crippen LogP contribution in [0.3, 0.4) is 0 Å². The van der Waals surface area contributed by atoms with Crippen molar-refractivity contribution in [1.82, 2.24) is 5.32 Å². The van der Waals surface area contributed by atoms with Crippen molar-refractivity contribution in [2.75, 3.05) is 32.8 Å². The van der Waals surface area contributed by atoms with E-state index in [9.17, 15) is 0 Å². The van der Waals surface area contributed by atoms with Gasteiger partial charge in [-0.2, -0.15) is 0 Å². The van der Waals surface area contributed by atoms with Crippen molar-refractivity contribution in [1.29, 1.82) is 0 Å². The van der Waals surface area contributed by atoms with Crippen LogP contribution in [0.4, 0.5) is 0 Å². The summed E-state index contributed by atoms with van der Waals surface area (Å²) in [6.45, 7) is 4.51. The van der Waals surface area contributed by atoms with Gasteiger partial charge in [-0.1, -0.05) is 24.3 Å². The minimum absolute atomic E-state index is 0.0867. The van der Waals surface area contributed by atoms with Gasteiger partial charge in [0.2, 0.25) is 0 Å². The lowest BCUT2D eigenvalue weighted by atomic mass is 9.78. The van der Waals surface area contributed by atoms with Crippen LogP contribution >= 0.6 is 0 Å². The Kier molecular flexibility index (Phi) is 3.37. The van der Waals surface area contributed by atoms with Crippen LogP contribution in [-0.2, 0) is 10.2 Å². The Balaban J connectivity index is 1.76. The summed E-state index contributed by atoms with van der Waals surface area (Å²) in [4.78, 5) is 0. The molecule has 2 aliphatic rings. The zero-order valence-electron chi connectivity index (χ0n) is 10.8. The highest BCUT2D eigenvalue weighted by Crippen LogP contribution is 2.32. The monoisotopic (exact) mass is 246 g/mol. The van der Waals surface area contributed by atoms with Gasteiger partial charge in [0.05, 0.1) is 18.6 Å². The molecule has 2 fully saturated rings. The second-order valence-corrected chi connectivity index (χ2v) is 5.64. The van der Waals surface area contributed by atoms with Crippen LogP contribution in [0.15, 0.2) is 24.3 Å². The summed E-state index contributed by atoms with van der Waals surface area (Å²) in [5, 5.41) is 3.47. The molecule has 3 nitrogen and oxygen atoms in total. The van der Waals surface area contributed by atoms with Gasteiger partial charge >= 0.3 is 0 Å². The number of nitrogens with one attached hydrogen (secondary N) is 1. The van der Waals surface area contributed by atoms with Crippen molar-refractivity contribution < 1.29 is 4.74 Å². The Bertz CT molecular complexity index is 386. The first-order valence-electron chi connectivity index (χ1n) is 6.93. The molecule has 2 saturated heterocycles. The van der Waals surface area contributed by atoms with E-state index in [0.29, 0.717) is 12.5 Å². The van der Waals surface area contributed by atoms with Crippen LogP contribution in [0.1, 0.15) is 29.9 Å². The van der Waals surface area contributed by atoms with E-state index in [-0.39, 0.29) is 5.41 Å². The number of nitrogens with two attached hydrogens (primary N) is 1. The zero-order valence-corrected chi connectivity index (χ0v) is 10.8. The lowest BCUT2D eigenvalue weighted by molar-refractivity contribution is -0.0550. The molecule has 2 aliphatic heterocycles. The molecule has 3 N–H and O–H groups in total. The fraction of sp³-hybridized carbons (Fsp3) is 0.600. The third kappa shape index (κ3) is 2.07. The van der Waals surface area contributed by atoms with Crippen LogP contribution in [0.5, 0.6) is 0 Å². The molecule has 1 unspecified atom stereocenters. The Morgan fingerprint density at radius 1 is 1.28 bits per heavy atom. The van der Waals surface area contributed by atoms with Crippen molar-refractivity contribution in [2.45, 2.75) is 24.2 Å². The first kappa shape index (κ1) is 12.2. The molecule has 0 aliphatic carbocycles. The number of rotatable bonds is 3. The van der Waals surface area contributed by atoms with Gasteiger partial charge in [-0.25, -0.2) is 0 Å². The number of hydrogen-bond acceptors (Lipinski definition) is 3. The first-order valence-corrected chi connectivity index (χ1v) is 6.93. The molecule has 0 saturated carbocycles. The summed E-state index contributed by atoms with van der Waals surface area (Å²) >= 11 is 0. The molecule has 0 aromatic heterocycles. The summed E-state index contributed by atoms with van der Waals surface area (Å²) in [7, 11) is 0. The molecule has 2 heterocycles. The zero-order chi connectivity index (χ0) is 12.4. The minimum Gasteiger partial charge on any atom is -0.379 e. The Hall–Kier alpha value is -0.900. The lowest BCUT2D eigenvalue weighted by Crippen LogP contribution is -2.52. The van der Waals surface area contributed by atoms with Crippen molar-refractivity contribution in [2.24, 2.45) is 5.73 Å². The number of ether oxygens (including phenoxy) is 1. The molecule has 1 aromatic rings. The summed E-state index contributed by atoms with van der Waals surface area (Å²) in [6, 6.07) is 9.06. The fourth-order valence-corrected chi connectivity index (χ4v) is 3.00. The van der Waals surface area contributed by atoms with Crippen LogP contribution in [-0.4, -0.2) is 32.8 Å². The maximum atomic E-state index is 5.89. The number of hydrogen-bond donors (Lipinski definition) is 2. The van der Waals surface area contributed by atoms with Gasteiger partial charge in [0.25, 0.3) is 0 Å². The van der Waals surface area contributed by atoms with E-state index >= 15 is 0 Å². The molecule has 1 atom stereocenters. The van der Waals surface area contributed by atoms with Crippen molar-refractivity contribution in [3.05, 3.63) is 35.4 Å². The summed E-state index contributed by atoms with van der Waals surface area (Å²) in [5.74, 6) is 0.680. The molecule has 98 valence electrons. The van der Waals surface area contributed by atoms with Gasteiger partial charge in [0.1, 0.15) is 0 Å². The molecule has 3 heteroatoms. The van der Waals surface area contributed by atoms with Gasteiger partial charge in [-0.05, 0) is 36.4 Å². The molecule has 0 radical (unpaired) electrons. The third-order valence-corrected chi connectivity index (χ3v) is 4.44.